The Morgan fingerprint density at radius 1 is 1.15 bits per heavy atom. The van der Waals surface area contributed by atoms with E-state index < -0.39 is 24.0 Å². The summed E-state index contributed by atoms with van der Waals surface area (Å²) in [5.41, 5.74) is 0. The van der Waals surface area contributed by atoms with Crippen molar-refractivity contribution in [3.8, 4) is 0 Å². The molecule has 0 bridgehead atoms. The summed E-state index contributed by atoms with van der Waals surface area (Å²) in [6.45, 7) is 0. The highest BCUT2D eigenvalue weighted by Gasteiger charge is 2.48. The average molecular weight is 198 g/mol. The second kappa shape index (κ2) is 3.64. The van der Waals surface area contributed by atoms with Crippen molar-refractivity contribution in [3.63, 3.8) is 0 Å². The highest BCUT2D eigenvalue weighted by Crippen LogP contribution is 2.41. The molecular weight excluding hydrogens is 188 g/mol. The lowest BCUT2D eigenvalue weighted by Crippen LogP contribution is -2.35. The van der Waals surface area contributed by atoms with Gasteiger partial charge >= 0.3 is 12.2 Å². The molecule has 13 heavy (non-hydrogen) atoms. The lowest BCUT2D eigenvalue weighted by atomic mass is 9.79. The molecule has 0 aromatic rings. The number of carbonyl (C=O) groups is 1. The predicted octanol–water partition coefficient (Wildman–Crippen LogP) is 2.85. The SMILES string of the molecule is O=C(F)[C@H]1CCCC[C@H]1C(F)(F)F. The van der Waals surface area contributed by atoms with Gasteiger partial charge in [-0.2, -0.15) is 17.6 Å². The van der Waals surface area contributed by atoms with E-state index in [1.807, 2.05) is 0 Å². The summed E-state index contributed by atoms with van der Waals surface area (Å²) >= 11 is 0. The molecule has 1 aliphatic carbocycles. The Bertz CT molecular complexity index is 199. The van der Waals surface area contributed by atoms with Gasteiger partial charge in [-0.05, 0) is 12.8 Å². The van der Waals surface area contributed by atoms with Gasteiger partial charge in [-0.15, -0.1) is 0 Å². The van der Waals surface area contributed by atoms with Crippen LogP contribution in [0, 0.1) is 11.8 Å². The van der Waals surface area contributed by atoms with Crippen molar-refractivity contribution in [1.29, 1.82) is 0 Å². The molecule has 0 aromatic heterocycles. The second-order valence-electron chi connectivity index (χ2n) is 3.34. The van der Waals surface area contributed by atoms with E-state index in [1.54, 1.807) is 0 Å². The van der Waals surface area contributed by atoms with Crippen LogP contribution >= 0.6 is 0 Å². The smallest absolute Gasteiger partial charge is 0.261 e. The van der Waals surface area contributed by atoms with Gasteiger partial charge in [-0.25, -0.2) is 0 Å². The fourth-order valence-corrected chi connectivity index (χ4v) is 1.79. The van der Waals surface area contributed by atoms with Gasteiger partial charge in [0, 0.05) is 0 Å². The van der Waals surface area contributed by atoms with Crippen molar-refractivity contribution in [2.75, 3.05) is 0 Å². The molecule has 0 amide bonds. The third kappa shape index (κ3) is 2.42. The van der Waals surface area contributed by atoms with Crippen LogP contribution in [0.3, 0.4) is 0 Å². The molecule has 5 heteroatoms. The summed E-state index contributed by atoms with van der Waals surface area (Å²) in [7, 11) is 0. The van der Waals surface area contributed by atoms with Gasteiger partial charge in [0.1, 0.15) is 0 Å². The van der Waals surface area contributed by atoms with Crippen molar-refractivity contribution in [2.45, 2.75) is 31.9 Å². The third-order valence-corrected chi connectivity index (χ3v) is 2.48. The van der Waals surface area contributed by atoms with Gasteiger partial charge < -0.3 is 0 Å². The van der Waals surface area contributed by atoms with Crippen LogP contribution in [0.5, 0.6) is 0 Å². The second-order valence-corrected chi connectivity index (χ2v) is 3.34. The molecule has 1 saturated carbocycles. The van der Waals surface area contributed by atoms with Gasteiger partial charge in [0.25, 0.3) is 0 Å². The normalized spacial score (nSPS) is 30.2. The van der Waals surface area contributed by atoms with E-state index in [0.717, 1.165) is 0 Å². The summed E-state index contributed by atoms with van der Waals surface area (Å²) in [4.78, 5) is 10.3. The standard InChI is InChI=1S/C8H10F4O/c9-7(13)5-3-1-2-4-6(5)8(10,11)12/h5-6H,1-4H2/t5-,6+/m0/s1. The van der Waals surface area contributed by atoms with Crippen LogP contribution in [-0.2, 0) is 4.79 Å². The van der Waals surface area contributed by atoms with Crippen molar-refractivity contribution in [1.82, 2.24) is 0 Å². The molecular formula is C8H10F4O. The molecule has 1 fully saturated rings. The summed E-state index contributed by atoms with van der Waals surface area (Å²) in [6.07, 6.45) is -3.60. The van der Waals surface area contributed by atoms with Crippen LogP contribution in [0.25, 0.3) is 0 Å². The first-order valence-corrected chi connectivity index (χ1v) is 4.19. The molecule has 1 aliphatic rings. The topological polar surface area (TPSA) is 17.1 Å². The molecule has 0 spiro atoms. The fraction of sp³-hybridized carbons (Fsp3) is 0.875. The Kier molecular flexibility index (Phi) is 2.93. The van der Waals surface area contributed by atoms with E-state index in [-0.39, 0.29) is 12.8 Å². The molecule has 0 radical (unpaired) electrons. The molecule has 0 aromatic carbocycles. The summed E-state index contributed by atoms with van der Waals surface area (Å²) in [5, 5.41) is 0. The molecule has 0 unspecified atom stereocenters. The van der Waals surface area contributed by atoms with Crippen LogP contribution in [0.4, 0.5) is 17.6 Å². The first kappa shape index (κ1) is 10.5. The predicted molar refractivity (Wildman–Crippen MR) is 37.6 cm³/mol. The van der Waals surface area contributed by atoms with Crippen molar-refractivity contribution in [2.24, 2.45) is 11.8 Å². The molecule has 76 valence electrons. The number of hydrogen-bond acceptors (Lipinski definition) is 1. The van der Waals surface area contributed by atoms with Crippen LogP contribution in [0.2, 0.25) is 0 Å². The van der Waals surface area contributed by atoms with E-state index in [2.05, 4.69) is 0 Å². The van der Waals surface area contributed by atoms with E-state index in [1.165, 1.54) is 0 Å². The van der Waals surface area contributed by atoms with Crippen molar-refractivity contribution < 1.29 is 22.4 Å². The number of halogens is 4. The maximum Gasteiger partial charge on any atom is 0.392 e. The Morgan fingerprint density at radius 3 is 2.08 bits per heavy atom. The van der Waals surface area contributed by atoms with Gasteiger partial charge in [0.2, 0.25) is 0 Å². The molecule has 0 heterocycles. The minimum atomic E-state index is -4.44. The first-order chi connectivity index (χ1) is 5.93. The van der Waals surface area contributed by atoms with Crippen LogP contribution in [0.1, 0.15) is 25.7 Å². The molecule has 0 saturated heterocycles. The van der Waals surface area contributed by atoms with Crippen molar-refractivity contribution >= 4 is 6.04 Å². The molecule has 0 aliphatic heterocycles. The minimum Gasteiger partial charge on any atom is -0.261 e. The van der Waals surface area contributed by atoms with E-state index >= 15 is 0 Å². The first-order valence-electron chi connectivity index (χ1n) is 4.19. The number of carbonyl (C=O) groups excluding carboxylic acids is 1. The molecule has 0 N–H and O–H groups in total. The van der Waals surface area contributed by atoms with Gasteiger partial charge in [0.15, 0.2) is 0 Å². The fourth-order valence-electron chi connectivity index (χ4n) is 1.79. The lowest BCUT2D eigenvalue weighted by molar-refractivity contribution is -0.200. The number of rotatable bonds is 1. The van der Waals surface area contributed by atoms with Crippen LogP contribution in [-0.4, -0.2) is 12.2 Å². The largest absolute Gasteiger partial charge is 0.392 e. The number of alkyl halides is 3. The zero-order chi connectivity index (χ0) is 10.1. The van der Waals surface area contributed by atoms with Crippen LogP contribution < -0.4 is 0 Å². The van der Waals surface area contributed by atoms with Gasteiger partial charge in [-0.3, -0.25) is 4.79 Å². The summed E-state index contributed by atoms with van der Waals surface area (Å²) < 4.78 is 48.9. The maximum absolute atomic E-state index is 12.2. The average Bonchev–Trinajstić information content (AvgIpc) is 2.03. The number of hydrogen-bond donors (Lipinski definition) is 0. The maximum atomic E-state index is 12.2. The zero-order valence-electron chi connectivity index (χ0n) is 6.90. The zero-order valence-corrected chi connectivity index (χ0v) is 6.90. The Morgan fingerprint density at radius 2 is 1.69 bits per heavy atom. The minimum absolute atomic E-state index is 0.0273. The molecule has 1 rings (SSSR count). The Hall–Kier alpha value is -0.610. The van der Waals surface area contributed by atoms with E-state index in [0.29, 0.717) is 12.8 Å². The molecule has 1 nitrogen and oxygen atoms in total. The van der Waals surface area contributed by atoms with Gasteiger partial charge in [-0.1, -0.05) is 12.8 Å². The quantitative estimate of drug-likeness (QED) is 0.467. The Balaban J connectivity index is 2.73. The monoisotopic (exact) mass is 198 g/mol. The molecule has 2 atom stereocenters. The third-order valence-electron chi connectivity index (χ3n) is 2.48. The lowest BCUT2D eigenvalue weighted by Gasteiger charge is -2.29. The highest BCUT2D eigenvalue weighted by atomic mass is 19.4. The van der Waals surface area contributed by atoms with E-state index in [9.17, 15) is 22.4 Å². The summed E-state index contributed by atoms with van der Waals surface area (Å²) in [6, 6.07) is -1.82. The van der Waals surface area contributed by atoms with Gasteiger partial charge in [0.05, 0.1) is 11.8 Å². The Labute approximate surface area is 73.1 Å². The van der Waals surface area contributed by atoms with Crippen molar-refractivity contribution in [3.05, 3.63) is 0 Å². The highest BCUT2D eigenvalue weighted by molar-refractivity contribution is 5.71. The van der Waals surface area contributed by atoms with Crippen LogP contribution in [0.15, 0.2) is 0 Å². The summed E-state index contributed by atoms with van der Waals surface area (Å²) in [5.74, 6) is -3.22. The van der Waals surface area contributed by atoms with E-state index in [4.69, 9.17) is 0 Å².